The van der Waals surface area contributed by atoms with Crippen molar-refractivity contribution in [1.29, 1.82) is 0 Å². The molecule has 0 aliphatic rings. The van der Waals surface area contributed by atoms with Gasteiger partial charge in [-0.3, -0.25) is 4.68 Å². The van der Waals surface area contributed by atoms with Gasteiger partial charge in [-0.15, -0.1) is 0 Å². The molecule has 0 saturated heterocycles. The minimum atomic E-state index is 0.0709. The number of aromatic nitrogens is 2. The molecule has 1 aromatic rings. The van der Waals surface area contributed by atoms with Crippen LogP contribution in [-0.2, 0) is 12.5 Å². The Labute approximate surface area is 91.4 Å². The van der Waals surface area contributed by atoms with E-state index in [0.717, 1.165) is 14.4 Å². The summed E-state index contributed by atoms with van der Waals surface area (Å²) >= 11 is 8.23. The van der Waals surface area contributed by atoms with Crippen molar-refractivity contribution in [1.82, 2.24) is 9.78 Å². The fourth-order valence-electron chi connectivity index (χ4n) is 0.957. The van der Waals surface area contributed by atoms with Crippen LogP contribution in [0.2, 0.25) is 5.15 Å². The van der Waals surface area contributed by atoms with E-state index in [0.29, 0.717) is 0 Å². The molecule has 0 amide bonds. The van der Waals surface area contributed by atoms with Gasteiger partial charge in [0.05, 0.1) is 9.26 Å². The van der Waals surface area contributed by atoms with E-state index in [1.165, 1.54) is 0 Å². The van der Waals surface area contributed by atoms with Crippen molar-refractivity contribution >= 4 is 34.2 Å². The molecule has 0 spiro atoms. The topological polar surface area (TPSA) is 17.8 Å². The van der Waals surface area contributed by atoms with Crippen LogP contribution in [0, 0.1) is 3.57 Å². The Morgan fingerprint density at radius 2 is 1.92 bits per heavy atom. The summed E-state index contributed by atoms with van der Waals surface area (Å²) in [6, 6.07) is 0. The van der Waals surface area contributed by atoms with Crippen LogP contribution in [0.5, 0.6) is 0 Å². The van der Waals surface area contributed by atoms with E-state index >= 15 is 0 Å². The van der Waals surface area contributed by atoms with Crippen LogP contribution in [0.1, 0.15) is 26.5 Å². The maximum absolute atomic E-state index is 6.00. The van der Waals surface area contributed by atoms with Crippen LogP contribution in [-0.4, -0.2) is 9.78 Å². The Morgan fingerprint density at radius 3 is 2.08 bits per heavy atom. The monoisotopic (exact) mass is 298 g/mol. The first-order chi connectivity index (χ1) is 5.34. The fraction of sp³-hybridized carbons (Fsp3) is 0.625. The van der Waals surface area contributed by atoms with Gasteiger partial charge in [-0.05, 0) is 22.6 Å². The highest BCUT2D eigenvalue weighted by Crippen LogP contribution is 2.30. The second-order valence-electron chi connectivity index (χ2n) is 3.83. The van der Waals surface area contributed by atoms with Crippen molar-refractivity contribution in [3.63, 3.8) is 0 Å². The van der Waals surface area contributed by atoms with E-state index < -0.39 is 0 Å². The molecule has 4 heteroatoms. The van der Waals surface area contributed by atoms with Crippen LogP contribution in [0.25, 0.3) is 0 Å². The summed E-state index contributed by atoms with van der Waals surface area (Å²) in [7, 11) is 1.86. The van der Waals surface area contributed by atoms with Crippen molar-refractivity contribution in [2.75, 3.05) is 0 Å². The van der Waals surface area contributed by atoms with Crippen molar-refractivity contribution in [2.24, 2.45) is 7.05 Å². The first kappa shape index (κ1) is 10.3. The molecule has 0 fully saturated rings. The third-order valence-corrected chi connectivity index (χ3v) is 3.41. The van der Waals surface area contributed by atoms with Crippen molar-refractivity contribution < 1.29 is 0 Å². The summed E-state index contributed by atoms with van der Waals surface area (Å²) in [4.78, 5) is 0. The number of aryl methyl sites for hydroxylation is 1. The average Bonchev–Trinajstić information content (AvgIpc) is 2.15. The normalized spacial score (nSPS) is 12.2. The number of hydrogen-bond donors (Lipinski definition) is 0. The predicted molar refractivity (Wildman–Crippen MR) is 59.6 cm³/mol. The molecule has 0 radical (unpaired) electrons. The van der Waals surface area contributed by atoms with Crippen molar-refractivity contribution in [3.8, 4) is 0 Å². The van der Waals surface area contributed by atoms with Gasteiger partial charge >= 0.3 is 0 Å². The smallest absolute Gasteiger partial charge is 0.140 e. The number of rotatable bonds is 0. The molecule has 2 nitrogen and oxygen atoms in total. The van der Waals surface area contributed by atoms with Crippen LogP contribution in [0.15, 0.2) is 0 Å². The zero-order valence-electron chi connectivity index (χ0n) is 7.65. The van der Waals surface area contributed by atoms with Gasteiger partial charge in [0.1, 0.15) is 5.15 Å². The Balaban J connectivity index is 3.28. The molecule has 0 saturated carbocycles. The molecular weight excluding hydrogens is 286 g/mol. The standard InChI is InChI=1S/C8H12ClIN2/c1-8(2,3)6-5(10)7(9)12(4)11-6/h1-4H3. The predicted octanol–water partition coefficient (Wildman–Crippen LogP) is 2.98. The number of hydrogen-bond acceptors (Lipinski definition) is 1. The van der Waals surface area contributed by atoms with Crippen molar-refractivity contribution in [2.45, 2.75) is 26.2 Å². The third kappa shape index (κ3) is 1.76. The van der Waals surface area contributed by atoms with Gasteiger partial charge in [-0.1, -0.05) is 32.4 Å². The van der Waals surface area contributed by atoms with E-state index in [9.17, 15) is 0 Å². The van der Waals surface area contributed by atoms with Crippen LogP contribution < -0.4 is 0 Å². The molecule has 12 heavy (non-hydrogen) atoms. The zero-order valence-corrected chi connectivity index (χ0v) is 10.6. The second kappa shape index (κ2) is 3.18. The van der Waals surface area contributed by atoms with Gasteiger partial charge in [0.2, 0.25) is 0 Å². The van der Waals surface area contributed by atoms with E-state index in [2.05, 4.69) is 48.5 Å². The highest BCUT2D eigenvalue weighted by Gasteiger charge is 2.23. The fourth-order valence-corrected chi connectivity index (χ4v) is 2.35. The highest BCUT2D eigenvalue weighted by molar-refractivity contribution is 14.1. The molecule has 0 N–H and O–H groups in total. The van der Waals surface area contributed by atoms with Crippen LogP contribution >= 0.6 is 34.2 Å². The Bertz CT molecular complexity index is 299. The quantitative estimate of drug-likeness (QED) is 0.673. The summed E-state index contributed by atoms with van der Waals surface area (Å²) in [5.41, 5.74) is 1.14. The Hall–Kier alpha value is 0.230. The average molecular weight is 299 g/mol. The van der Waals surface area contributed by atoms with E-state index in [1.54, 1.807) is 4.68 Å². The largest absolute Gasteiger partial charge is 0.256 e. The first-order valence-corrected chi connectivity index (χ1v) is 5.18. The number of nitrogens with zero attached hydrogens (tertiary/aromatic N) is 2. The summed E-state index contributed by atoms with van der Waals surface area (Å²) in [5, 5.41) is 5.08. The maximum atomic E-state index is 6.00. The van der Waals surface area contributed by atoms with E-state index in [4.69, 9.17) is 11.6 Å². The Kier molecular flexibility index (Phi) is 2.73. The van der Waals surface area contributed by atoms with E-state index in [-0.39, 0.29) is 5.41 Å². The maximum Gasteiger partial charge on any atom is 0.140 e. The van der Waals surface area contributed by atoms with Crippen LogP contribution in [0.3, 0.4) is 0 Å². The highest BCUT2D eigenvalue weighted by atomic mass is 127. The van der Waals surface area contributed by atoms with E-state index in [1.807, 2.05) is 7.05 Å². The van der Waals surface area contributed by atoms with Gasteiger partial charge in [-0.25, -0.2) is 0 Å². The minimum Gasteiger partial charge on any atom is -0.256 e. The SMILES string of the molecule is Cn1nc(C(C)(C)C)c(I)c1Cl. The van der Waals surface area contributed by atoms with Crippen LogP contribution in [0.4, 0.5) is 0 Å². The Morgan fingerprint density at radius 1 is 1.42 bits per heavy atom. The molecule has 0 aliphatic heterocycles. The molecule has 0 aliphatic carbocycles. The summed E-state index contributed by atoms with van der Waals surface area (Å²) in [6.45, 7) is 6.40. The minimum absolute atomic E-state index is 0.0709. The van der Waals surface area contributed by atoms with Gasteiger partial charge in [0.15, 0.2) is 0 Å². The lowest BCUT2D eigenvalue weighted by atomic mass is 9.93. The van der Waals surface area contributed by atoms with Gasteiger partial charge in [0.25, 0.3) is 0 Å². The molecule has 1 aromatic heterocycles. The summed E-state index contributed by atoms with van der Waals surface area (Å²) in [5.74, 6) is 0. The lowest BCUT2D eigenvalue weighted by Crippen LogP contribution is -2.13. The van der Waals surface area contributed by atoms with Gasteiger partial charge in [-0.2, -0.15) is 5.10 Å². The number of halogens is 2. The molecule has 1 rings (SSSR count). The molecule has 0 aromatic carbocycles. The molecule has 1 heterocycles. The lowest BCUT2D eigenvalue weighted by Gasteiger charge is -2.15. The van der Waals surface area contributed by atoms with Crippen molar-refractivity contribution in [3.05, 3.63) is 14.4 Å². The molecule has 68 valence electrons. The molecular formula is C8H12ClIN2. The third-order valence-electron chi connectivity index (χ3n) is 1.63. The second-order valence-corrected chi connectivity index (χ2v) is 5.26. The summed E-state index contributed by atoms with van der Waals surface area (Å²) in [6.07, 6.45) is 0. The lowest BCUT2D eigenvalue weighted by molar-refractivity contribution is 0.551. The van der Waals surface area contributed by atoms with Gasteiger partial charge in [0, 0.05) is 12.5 Å². The first-order valence-electron chi connectivity index (χ1n) is 3.72. The van der Waals surface area contributed by atoms with Gasteiger partial charge < -0.3 is 0 Å². The summed E-state index contributed by atoms with van der Waals surface area (Å²) < 4.78 is 2.77. The molecule has 0 unspecified atom stereocenters. The zero-order chi connectivity index (χ0) is 9.52. The molecule has 0 atom stereocenters. The molecule has 0 bridgehead atoms.